The molecule has 0 aliphatic carbocycles. The minimum absolute atomic E-state index is 0.325. The van der Waals surface area contributed by atoms with Crippen LogP contribution in [0.2, 0.25) is 0 Å². The Labute approximate surface area is 139 Å². The fourth-order valence-corrected chi connectivity index (χ4v) is 4.47. The molecule has 0 saturated carbocycles. The molecule has 1 atom stereocenters. The van der Waals surface area contributed by atoms with Crippen molar-refractivity contribution in [3.8, 4) is 0 Å². The van der Waals surface area contributed by atoms with Crippen LogP contribution in [0.3, 0.4) is 0 Å². The lowest BCUT2D eigenvalue weighted by Crippen LogP contribution is -2.47. The van der Waals surface area contributed by atoms with E-state index in [1.54, 1.807) is 5.56 Å². The Hall–Kier alpha value is -1.10. The first-order valence-corrected chi connectivity index (χ1v) is 9.03. The summed E-state index contributed by atoms with van der Waals surface area (Å²) in [5.41, 5.74) is 3.33. The Morgan fingerprint density at radius 1 is 1.09 bits per heavy atom. The van der Waals surface area contributed by atoms with E-state index < -0.39 is 0 Å². The molecule has 0 N–H and O–H groups in total. The van der Waals surface area contributed by atoms with Gasteiger partial charge in [0, 0.05) is 56.5 Å². The predicted molar refractivity (Wildman–Crippen MR) is 92.2 cm³/mol. The molecule has 1 spiro atoms. The highest BCUT2D eigenvalue weighted by molar-refractivity contribution is 5.62. The number of para-hydroxylation sites is 1. The van der Waals surface area contributed by atoms with Gasteiger partial charge in [-0.1, -0.05) is 18.2 Å². The fraction of sp³-hybridized carbons (Fsp3) is 0.684. The van der Waals surface area contributed by atoms with Gasteiger partial charge in [-0.2, -0.15) is 0 Å². The van der Waals surface area contributed by atoms with Crippen LogP contribution in [0, 0.1) is 0 Å². The molecule has 3 aliphatic rings. The van der Waals surface area contributed by atoms with Crippen molar-refractivity contribution < 1.29 is 9.47 Å². The van der Waals surface area contributed by atoms with Crippen LogP contribution in [0.15, 0.2) is 24.3 Å². The lowest BCUT2D eigenvalue weighted by Gasteiger charge is -2.36. The van der Waals surface area contributed by atoms with Crippen molar-refractivity contribution in [3.05, 3.63) is 29.8 Å². The number of fused-ring (bicyclic) bond motifs is 2. The summed E-state index contributed by atoms with van der Waals surface area (Å²) in [5.74, 6) is 0. The third-order valence-electron chi connectivity index (χ3n) is 5.92. The lowest BCUT2D eigenvalue weighted by molar-refractivity contribution is 0.000979. The highest BCUT2D eigenvalue weighted by Crippen LogP contribution is 2.46. The molecule has 0 amide bonds. The van der Waals surface area contributed by atoms with E-state index in [1.807, 2.05) is 0 Å². The van der Waals surface area contributed by atoms with E-state index in [0.717, 1.165) is 65.4 Å². The van der Waals surface area contributed by atoms with E-state index >= 15 is 0 Å². The molecular weight excluding hydrogens is 288 g/mol. The molecule has 3 heterocycles. The molecule has 1 aromatic rings. The van der Waals surface area contributed by atoms with Gasteiger partial charge in [0.05, 0.1) is 13.2 Å². The summed E-state index contributed by atoms with van der Waals surface area (Å²) in [6.45, 7) is 10.3. The lowest BCUT2D eigenvalue weighted by atomic mass is 9.76. The number of nitrogens with zero attached hydrogens (tertiary/aromatic N) is 2. The summed E-state index contributed by atoms with van der Waals surface area (Å²) < 4.78 is 11.2. The van der Waals surface area contributed by atoms with Gasteiger partial charge < -0.3 is 14.4 Å². The summed E-state index contributed by atoms with van der Waals surface area (Å²) in [4.78, 5) is 5.18. The van der Waals surface area contributed by atoms with Crippen molar-refractivity contribution in [1.29, 1.82) is 0 Å². The molecule has 2 saturated heterocycles. The second kappa shape index (κ2) is 6.42. The number of hydrogen-bond donors (Lipinski definition) is 0. The second-order valence-corrected chi connectivity index (χ2v) is 7.29. The summed E-state index contributed by atoms with van der Waals surface area (Å²) >= 11 is 0. The van der Waals surface area contributed by atoms with Crippen LogP contribution in [0.4, 0.5) is 5.69 Å². The van der Waals surface area contributed by atoms with E-state index in [9.17, 15) is 0 Å². The molecular formula is C19H28N2O2. The monoisotopic (exact) mass is 316 g/mol. The molecule has 3 aliphatic heterocycles. The number of morpholine rings is 1. The van der Waals surface area contributed by atoms with Crippen LogP contribution in [0.1, 0.15) is 25.3 Å². The Balaban J connectivity index is 1.49. The molecule has 0 radical (unpaired) electrons. The Morgan fingerprint density at radius 3 is 2.74 bits per heavy atom. The quantitative estimate of drug-likeness (QED) is 0.854. The van der Waals surface area contributed by atoms with Crippen molar-refractivity contribution in [1.82, 2.24) is 4.90 Å². The van der Waals surface area contributed by atoms with Crippen LogP contribution in [0.25, 0.3) is 0 Å². The van der Waals surface area contributed by atoms with Crippen LogP contribution >= 0.6 is 0 Å². The highest BCUT2D eigenvalue weighted by atomic mass is 16.5. The van der Waals surface area contributed by atoms with Gasteiger partial charge in [0.2, 0.25) is 0 Å². The van der Waals surface area contributed by atoms with Crippen molar-refractivity contribution >= 4 is 5.69 Å². The van der Waals surface area contributed by atoms with Crippen molar-refractivity contribution in [2.45, 2.75) is 31.2 Å². The maximum Gasteiger partial charge on any atom is 0.0619 e. The molecule has 0 unspecified atom stereocenters. The molecule has 126 valence electrons. The maximum atomic E-state index is 5.64. The third kappa shape index (κ3) is 2.88. The first kappa shape index (κ1) is 15.4. The normalized spacial score (nSPS) is 27.3. The molecule has 23 heavy (non-hydrogen) atoms. The topological polar surface area (TPSA) is 24.9 Å². The van der Waals surface area contributed by atoms with E-state index in [0.29, 0.717) is 11.5 Å². The summed E-state index contributed by atoms with van der Waals surface area (Å²) in [7, 11) is 0. The Morgan fingerprint density at radius 2 is 1.91 bits per heavy atom. The first-order chi connectivity index (χ1) is 11.3. The number of benzene rings is 1. The molecule has 0 bridgehead atoms. The van der Waals surface area contributed by atoms with Gasteiger partial charge in [-0.15, -0.1) is 0 Å². The van der Waals surface area contributed by atoms with Crippen molar-refractivity contribution in [2.75, 3.05) is 57.5 Å². The zero-order valence-electron chi connectivity index (χ0n) is 14.2. The van der Waals surface area contributed by atoms with Gasteiger partial charge in [0.1, 0.15) is 0 Å². The predicted octanol–water partition coefficient (Wildman–Crippen LogP) is 2.28. The van der Waals surface area contributed by atoms with Crippen LogP contribution in [-0.2, 0) is 14.9 Å². The average molecular weight is 316 g/mol. The maximum absolute atomic E-state index is 5.64. The molecule has 4 heteroatoms. The average Bonchev–Trinajstić information content (AvgIpc) is 2.89. The van der Waals surface area contributed by atoms with E-state index in [1.165, 1.54) is 5.69 Å². The van der Waals surface area contributed by atoms with Crippen LogP contribution < -0.4 is 4.90 Å². The first-order valence-electron chi connectivity index (χ1n) is 9.03. The van der Waals surface area contributed by atoms with E-state index in [-0.39, 0.29) is 0 Å². The Bertz CT molecular complexity index is 542. The van der Waals surface area contributed by atoms with Gasteiger partial charge in [-0.05, 0) is 31.4 Å². The number of anilines is 1. The van der Waals surface area contributed by atoms with Gasteiger partial charge in [-0.25, -0.2) is 0 Å². The summed E-state index contributed by atoms with van der Waals surface area (Å²) in [6.07, 6.45) is 2.32. The van der Waals surface area contributed by atoms with Crippen LogP contribution in [-0.4, -0.2) is 63.5 Å². The van der Waals surface area contributed by atoms with Gasteiger partial charge in [0.25, 0.3) is 0 Å². The van der Waals surface area contributed by atoms with E-state index in [2.05, 4.69) is 41.0 Å². The molecule has 4 rings (SSSR count). The fourth-order valence-electron chi connectivity index (χ4n) is 4.47. The van der Waals surface area contributed by atoms with Gasteiger partial charge in [-0.3, -0.25) is 4.90 Å². The van der Waals surface area contributed by atoms with Crippen LogP contribution in [0.5, 0.6) is 0 Å². The molecule has 2 fully saturated rings. The molecule has 0 aromatic heterocycles. The van der Waals surface area contributed by atoms with E-state index in [4.69, 9.17) is 9.47 Å². The van der Waals surface area contributed by atoms with Crippen molar-refractivity contribution in [3.63, 3.8) is 0 Å². The zero-order chi connectivity index (χ0) is 15.7. The SMILES string of the molecule is C[C@@H]1COCCN1CCN1CC2(CCOCC2)c2ccccc21. The molecule has 4 nitrogen and oxygen atoms in total. The number of rotatable bonds is 3. The minimum Gasteiger partial charge on any atom is -0.381 e. The van der Waals surface area contributed by atoms with Gasteiger partial charge >= 0.3 is 0 Å². The zero-order valence-corrected chi connectivity index (χ0v) is 14.2. The Kier molecular flexibility index (Phi) is 4.31. The largest absolute Gasteiger partial charge is 0.381 e. The smallest absolute Gasteiger partial charge is 0.0619 e. The standard InChI is InChI=1S/C19H28N2O2/c1-16-14-23-13-10-20(16)8-9-21-15-19(6-11-22-12-7-19)17-4-2-3-5-18(17)21/h2-5,16H,6-15H2,1H3/t16-/m1/s1. The van der Waals surface area contributed by atoms with Crippen molar-refractivity contribution in [2.24, 2.45) is 0 Å². The highest BCUT2D eigenvalue weighted by Gasteiger charge is 2.43. The third-order valence-corrected chi connectivity index (χ3v) is 5.92. The number of ether oxygens (including phenoxy) is 2. The van der Waals surface area contributed by atoms with Gasteiger partial charge in [0.15, 0.2) is 0 Å². The molecule has 1 aromatic carbocycles. The minimum atomic E-state index is 0.325. The number of hydrogen-bond acceptors (Lipinski definition) is 4. The summed E-state index contributed by atoms with van der Waals surface area (Å²) in [6, 6.07) is 9.57. The second-order valence-electron chi connectivity index (χ2n) is 7.29. The summed E-state index contributed by atoms with van der Waals surface area (Å²) in [5, 5.41) is 0.